The van der Waals surface area contributed by atoms with Gasteiger partial charge in [0, 0.05) is 28.2 Å². The lowest BCUT2D eigenvalue weighted by atomic mass is 10.4. The zero-order chi connectivity index (χ0) is 17.5. The van der Waals surface area contributed by atoms with Crippen molar-refractivity contribution < 1.29 is 13.2 Å². The molecule has 23 heavy (non-hydrogen) atoms. The lowest BCUT2D eigenvalue weighted by Crippen LogP contribution is -2.33. The Hall–Kier alpha value is -2.34. The molecule has 0 radical (unpaired) electrons. The van der Waals surface area contributed by atoms with E-state index in [0.29, 0.717) is 9.79 Å². The Labute approximate surface area is 138 Å². The third-order valence-electron chi connectivity index (χ3n) is 2.87. The summed E-state index contributed by atoms with van der Waals surface area (Å²) in [5.74, 6) is 0. The minimum absolute atomic E-state index is 0.0185. The van der Waals surface area contributed by atoms with E-state index in [4.69, 9.17) is 0 Å². The first-order chi connectivity index (χ1) is 10.8. The molecule has 0 aliphatic rings. The largest absolute Gasteiger partial charge is 0.331 e. The van der Waals surface area contributed by atoms with Crippen LogP contribution in [0.1, 0.15) is 0 Å². The number of sulfone groups is 1. The van der Waals surface area contributed by atoms with Gasteiger partial charge in [0.15, 0.2) is 0 Å². The van der Waals surface area contributed by atoms with Crippen LogP contribution in [0.15, 0.2) is 70.5 Å². The Morgan fingerprint density at radius 1 is 0.696 bits per heavy atom. The van der Waals surface area contributed by atoms with Crippen molar-refractivity contribution in [2.45, 2.75) is 9.79 Å². The maximum atomic E-state index is 12.0. The quantitative estimate of drug-likeness (QED) is 0.848. The molecule has 2 amide bonds. The second-order valence-corrected chi connectivity index (χ2v) is 7.15. The van der Waals surface area contributed by atoms with E-state index in [-0.39, 0.29) is 6.03 Å². The third-order valence-corrected chi connectivity index (χ3v) is 4.66. The van der Waals surface area contributed by atoms with Crippen molar-refractivity contribution in [2.24, 2.45) is 0 Å². The predicted molar refractivity (Wildman–Crippen MR) is 91.1 cm³/mol. The fourth-order valence-corrected chi connectivity index (χ4v) is 3.04. The maximum absolute atomic E-state index is 12.0. The molecule has 0 saturated heterocycles. The number of benzene rings is 2. The molecule has 124 valence electrons. The third kappa shape index (κ3) is 5.41. The summed E-state index contributed by atoms with van der Waals surface area (Å²) in [5.41, 5.74) is 0. The van der Waals surface area contributed by atoms with Crippen LogP contribution in [0.3, 0.4) is 0 Å². The zero-order valence-corrected chi connectivity index (χ0v) is 14.6. The molecule has 0 aliphatic carbocycles. The topological polar surface area (TPSA) is 57.7 Å². The molecule has 0 atom stereocenters. The standard InChI is InChI=1S/C12H10O2S.C5H12N2O/c13-15(14,11-7-3-1-4-8-11)12-9-5-2-6-10-12;1-6(2)5(8)7(3)4/h1-10H;1-4H3. The maximum Gasteiger partial charge on any atom is 0.318 e. The van der Waals surface area contributed by atoms with Crippen molar-refractivity contribution in [2.75, 3.05) is 28.2 Å². The predicted octanol–water partition coefficient (Wildman–Crippen LogP) is 2.75. The average molecular weight is 334 g/mol. The number of carbonyl (C=O) groups excluding carboxylic acids is 1. The molecule has 0 aromatic heterocycles. The summed E-state index contributed by atoms with van der Waals surface area (Å²) in [4.78, 5) is 14.4. The Balaban J connectivity index is 0.000000284. The Kier molecular flexibility index (Phi) is 6.78. The first kappa shape index (κ1) is 18.7. The van der Waals surface area contributed by atoms with Crippen LogP contribution in [0.4, 0.5) is 4.79 Å². The van der Waals surface area contributed by atoms with Crippen LogP contribution in [-0.2, 0) is 9.84 Å². The van der Waals surface area contributed by atoms with Crippen LogP contribution >= 0.6 is 0 Å². The summed E-state index contributed by atoms with van der Waals surface area (Å²) in [6, 6.07) is 16.9. The lowest BCUT2D eigenvalue weighted by molar-refractivity contribution is 0.191. The van der Waals surface area contributed by atoms with Gasteiger partial charge in [0.2, 0.25) is 9.84 Å². The second kappa shape index (κ2) is 8.33. The molecule has 0 unspecified atom stereocenters. The smallest absolute Gasteiger partial charge is 0.318 e. The van der Waals surface area contributed by atoms with Gasteiger partial charge in [-0.3, -0.25) is 0 Å². The van der Waals surface area contributed by atoms with Crippen LogP contribution in [0.2, 0.25) is 0 Å². The SMILES string of the molecule is CN(C)C(=O)N(C)C.O=S(=O)(c1ccccc1)c1ccccc1. The molecule has 2 rings (SSSR count). The summed E-state index contributed by atoms with van der Waals surface area (Å²) in [6.45, 7) is 0. The minimum atomic E-state index is -3.34. The van der Waals surface area contributed by atoms with Gasteiger partial charge in [0.05, 0.1) is 9.79 Å². The van der Waals surface area contributed by atoms with Crippen molar-refractivity contribution in [1.82, 2.24) is 9.80 Å². The molecule has 0 saturated carbocycles. The minimum Gasteiger partial charge on any atom is -0.331 e. The van der Waals surface area contributed by atoms with Crippen LogP contribution in [0, 0.1) is 0 Å². The van der Waals surface area contributed by atoms with Crippen molar-refractivity contribution in [3.63, 3.8) is 0 Å². The van der Waals surface area contributed by atoms with E-state index >= 15 is 0 Å². The average Bonchev–Trinajstić information content (AvgIpc) is 2.56. The fraction of sp³-hybridized carbons (Fsp3) is 0.235. The van der Waals surface area contributed by atoms with Gasteiger partial charge in [0.25, 0.3) is 0 Å². The van der Waals surface area contributed by atoms with Crippen LogP contribution in [-0.4, -0.2) is 52.4 Å². The van der Waals surface area contributed by atoms with Crippen LogP contribution in [0.25, 0.3) is 0 Å². The van der Waals surface area contributed by atoms with Gasteiger partial charge >= 0.3 is 6.03 Å². The first-order valence-electron chi connectivity index (χ1n) is 7.00. The van der Waals surface area contributed by atoms with E-state index in [1.807, 2.05) is 0 Å². The van der Waals surface area contributed by atoms with Gasteiger partial charge in [-0.1, -0.05) is 36.4 Å². The number of hydrogen-bond donors (Lipinski definition) is 0. The molecular weight excluding hydrogens is 312 g/mol. The van der Waals surface area contributed by atoms with Crippen LogP contribution < -0.4 is 0 Å². The molecule has 0 bridgehead atoms. The molecule has 0 heterocycles. The first-order valence-corrected chi connectivity index (χ1v) is 8.49. The van der Waals surface area contributed by atoms with E-state index in [1.54, 1.807) is 88.9 Å². The summed E-state index contributed by atoms with van der Waals surface area (Å²) in [7, 11) is 3.56. The number of urea groups is 1. The number of amides is 2. The van der Waals surface area contributed by atoms with E-state index in [1.165, 1.54) is 9.80 Å². The number of nitrogens with zero attached hydrogens (tertiary/aromatic N) is 2. The number of hydrogen-bond acceptors (Lipinski definition) is 3. The Bertz CT molecular complexity index is 657. The van der Waals surface area contributed by atoms with Gasteiger partial charge in [0.1, 0.15) is 0 Å². The van der Waals surface area contributed by atoms with E-state index in [2.05, 4.69) is 0 Å². The number of carbonyl (C=O) groups is 1. The van der Waals surface area contributed by atoms with Gasteiger partial charge in [-0.05, 0) is 24.3 Å². The van der Waals surface area contributed by atoms with E-state index < -0.39 is 9.84 Å². The molecular formula is C17H22N2O3S. The molecule has 0 spiro atoms. The van der Waals surface area contributed by atoms with Crippen molar-refractivity contribution in [3.05, 3.63) is 60.7 Å². The zero-order valence-electron chi connectivity index (χ0n) is 13.8. The van der Waals surface area contributed by atoms with Gasteiger partial charge in [-0.15, -0.1) is 0 Å². The molecule has 0 aliphatic heterocycles. The lowest BCUT2D eigenvalue weighted by Gasteiger charge is -2.16. The molecule has 0 N–H and O–H groups in total. The summed E-state index contributed by atoms with van der Waals surface area (Å²) >= 11 is 0. The molecule has 2 aromatic carbocycles. The van der Waals surface area contributed by atoms with Crippen LogP contribution in [0.5, 0.6) is 0 Å². The normalized spacial score (nSPS) is 10.3. The van der Waals surface area contributed by atoms with Gasteiger partial charge in [-0.2, -0.15) is 0 Å². The summed E-state index contributed by atoms with van der Waals surface area (Å²) < 4.78 is 24.1. The monoisotopic (exact) mass is 334 g/mol. The van der Waals surface area contributed by atoms with E-state index in [9.17, 15) is 13.2 Å². The summed E-state index contributed by atoms with van der Waals surface area (Å²) in [5, 5.41) is 0. The van der Waals surface area contributed by atoms with Crippen molar-refractivity contribution in [3.8, 4) is 0 Å². The fourth-order valence-electron chi connectivity index (χ4n) is 1.74. The number of rotatable bonds is 2. The van der Waals surface area contributed by atoms with E-state index in [0.717, 1.165) is 0 Å². The highest BCUT2D eigenvalue weighted by molar-refractivity contribution is 7.91. The highest BCUT2D eigenvalue weighted by Crippen LogP contribution is 2.19. The van der Waals surface area contributed by atoms with Gasteiger partial charge < -0.3 is 9.80 Å². The molecule has 0 fully saturated rings. The highest BCUT2D eigenvalue weighted by atomic mass is 32.2. The van der Waals surface area contributed by atoms with Gasteiger partial charge in [-0.25, -0.2) is 13.2 Å². The summed E-state index contributed by atoms with van der Waals surface area (Å²) in [6.07, 6.45) is 0. The second-order valence-electron chi connectivity index (χ2n) is 5.20. The molecule has 5 nitrogen and oxygen atoms in total. The van der Waals surface area contributed by atoms with Crippen molar-refractivity contribution >= 4 is 15.9 Å². The van der Waals surface area contributed by atoms with Crippen molar-refractivity contribution in [1.29, 1.82) is 0 Å². The molecule has 2 aromatic rings. The highest BCUT2D eigenvalue weighted by Gasteiger charge is 2.15. The Morgan fingerprint density at radius 3 is 1.22 bits per heavy atom. The Morgan fingerprint density at radius 2 is 1.00 bits per heavy atom. The molecule has 6 heteroatoms.